The number of ether oxygens (including phenoxy) is 1. The predicted octanol–water partition coefficient (Wildman–Crippen LogP) is 2.75. The van der Waals surface area contributed by atoms with E-state index >= 15 is 0 Å². The van der Waals surface area contributed by atoms with Gasteiger partial charge in [-0.2, -0.15) is 18.3 Å². The number of piperidine rings is 1. The van der Waals surface area contributed by atoms with Crippen molar-refractivity contribution < 1.29 is 22.7 Å². The summed E-state index contributed by atoms with van der Waals surface area (Å²) in [5.74, 6) is 0. The van der Waals surface area contributed by atoms with Crippen LogP contribution >= 0.6 is 0 Å². The molecule has 3 rings (SSSR count). The molecule has 0 N–H and O–H groups in total. The molecule has 1 amide bonds. The molecule has 21 heavy (non-hydrogen) atoms. The molecular weight excluding hydrogens is 287 g/mol. The molecule has 0 aliphatic carbocycles. The fourth-order valence-corrected chi connectivity index (χ4v) is 3.38. The lowest BCUT2D eigenvalue weighted by molar-refractivity contribution is -0.163. The van der Waals surface area contributed by atoms with Crippen molar-refractivity contribution in [1.29, 1.82) is 0 Å². The van der Waals surface area contributed by atoms with Crippen molar-refractivity contribution in [3.8, 4) is 0 Å². The molecule has 2 atom stereocenters. The average Bonchev–Trinajstić information content (AvgIpc) is 3.02. The van der Waals surface area contributed by atoms with Crippen LogP contribution in [-0.2, 0) is 4.74 Å². The Bertz CT molecular complexity index is 489. The van der Waals surface area contributed by atoms with Crippen molar-refractivity contribution in [3.63, 3.8) is 0 Å². The van der Waals surface area contributed by atoms with Crippen LogP contribution in [0.3, 0.4) is 0 Å². The van der Waals surface area contributed by atoms with Crippen molar-refractivity contribution >= 4 is 6.09 Å². The standard InChI is InChI=1S/C13H16F3N3O2/c14-13(15,16)8-21-12(20)19-9-2-3-10(19)7-11(6-9)18-5-1-4-17-18/h1,4-5,9-11H,2-3,6-8H2. The Kier molecular flexibility index (Phi) is 3.54. The van der Waals surface area contributed by atoms with Crippen molar-refractivity contribution in [3.05, 3.63) is 18.5 Å². The van der Waals surface area contributed by atoms with E-state index in [1.165, 1.54) is 4.90 Å². The third-order valence-electron chi connectivity index (χ3n) is 4.18. The van der Waals surface area contributed by atoms with E-state index in [1.54, 1.807) is 6.20 Å². The van der Waals surface area contributed by atoms with Gasteiger partial charge in [0.2, 0.25) is 0 Å². The zero-order valence-electron chi connectivity index (χ0n) is 11.3. The molecule has 0 spiro atoms. The lowest BCUT2D eigenvalue weighted by atomic mass is 9.98. The van der Waals surface area contributed by atoms with Gasteiger partial charge in [-0.05, 0) is 31.7 Å². The quantitative estimate of drug-likeness (QED) is 0.844. The second-order valence-corrected chi connectivity index (χ2v) is 5.57. The number of aromatic nitrogens is 2. The number of fused-ring (bicyclic) bond motifs is 2. The molecule has 8 heteroatoms. The largest absolute Gasteiger partial charge is 0.440 e. The third-order valence-corrected chi connectivity index (χ3v) is 4.18. The number of rotatable bonds is 2. The van der Waals surface area contributed by atoms with E-state index in [0.29, 0.717) is 12.8 Å². The van der Waals surface area contributed by atoms with Crippen LogP contribution in [0.25, 0.3) is 0 Å². The SMILES string of the molecule is O=C(OCC(F)(F)F)N1C2CCC1CC(n1cccn1)C2. The summed E-state index contributed by atoms with van der Waals surface area (Å²) in [6.45, 7) is -1.52. The Balaban J connectivity index is 1.63. The minimum Gasteiger partial charge on any atom is -0.440 e. The molecule has 1 aromatic heterocycles. The van der Waals surface area contributed by atoms with Crippen LogP contribution < -0.4 is 0 Å². The fraction of sp³-hybridized carbons (Fsp3) is 0.692. The second-order valence-electron chi connectivity index (χ2n) is 5.57. The summed E-state index contributed by atoms with van der Waals surface area (Å²) in [6, 6.07) is 1.92. The van der Waals surface area contributed by atoms with Gasteiger partial charge in [0.1, 0.15) is 0 Å². The molecule has 2 aliphatic rings. The molecule has 2 bridgehead atoms. The zero-order chi connectivity index (χ0) is 15.0. The van der Waals surface area contributed by atoms with E-state index in [0.717, 1.165) is 12.8 Å². The molecule has 2 fully saturated rings. The number of carbonyl (C=O) groups excluding carboxylic acids is 1. The minimum atomic E-state index is -4.48. The molecule has 0 saturated carbocycles. The summed E-state index contributed by atoms with van der Waals surface area (Å²) in [5.41, 5.74) is 0. The van der Waals surface area contributed by atoms with Gasteiger partial charge in [0.25, 0.3) is 0 Å². The Morgan fingerprint density at radius 1 is 1.24 bits per heavy atom. The van der Waals surface area contributed by atoms with Crippen molar-refractivity contribution in [2.45, 2.75) is 50.0 Å². The Morgan fingerprint density at radius 2 is 1.90 bits per heavy atom. The molecule has 2 saturated heterocycles. The van der Waals surface area contributed by atoms with Crippen LogP contribution in [0, 0.1) is 0 Å². The van der Waals surface area contributed by atoms with E-state index < -0.39 is 18.9 Å². The molecule has 116 valence electrons. The second kappa shape index (κ2) is 5.23. The van der Waals surface area contributed by atoms with Crippen LogP contribution in [0.1, 0.15) is 31.7 Å². The van der Waals surface area contributed by atoms with Crippen LogP contribution in [0.2, 0.25) is 0 Å². The first-order chi connectivity index (χ1) is 9.94. The number of alkyl halides is 3. The van der Waals surface area contributed by atoms with Gasteiger partial charge in [0.15, 0.2) is 6.61 Å². The minimum absolute atomic E-state index is 0.0568. The summed E-state index contributed by atoms with van der Waals surface area (Å²) in [5, 5.41) is 4.21. The summed E-state index contributed by atoms with van der Waals surface area (Å²) in [7, 11) is 0. The van der Waals surface area contributed by atoms with Gasteiger partial charge in [0, 0.05) is 24.5 Å². The van der Waals surface area contributed by atoms with Crippen molar-refractivity contribution in [1.82, 2.24) is 14.7 Å². The first kappa shape index (κ1) is 14.2. The molecule has 0 radical (unpaired) electrons. The first-order valence-electron chi connectivity index (χ1n) is 6.95. The highest BCUT2D eigenvalue weighted by molar-refractivity contribution is 5.69. The maximum absolute atomic E-state index is 12.1. The molecular formula is C13H16F3N3O2. The van der Waals surface area contributed by atoms with E-state index in [1.807, 2.05) is 16.9 Å². The van der Waals surface area contributed by atoms with Gasteiger partial charge < -0.3 is 9.64 Å². The van der Waals surface area contributed by atoms with Crippen LogP contribution in [0.5, 0.6) is 0 Å². The Labute approximate surface area is 119 Å². The number of hydrogen-bond donors (Lipinski definition) is 0. The lowest BCUT2D eigenvalue weighted by Gasteiger charge is -2.38. The smallest absolute Gasteiger partial charge is 0.422 e. The summed E-state index contributed by atoms with van der Waals surface area (Å²) in [6.07, 6.45) is 1.28. The number of hydrogen-bond acceptors (Lipinski definition) is 3. The number of halogens is 3. The molecule has 3 heterocycles. The maximum atomic E-state index is 12.1. The summed E-state index contributed by atoms with van der Waals surface area (Å²) >= 11 is 0. The molecule has 1 aromatic rings. The number of carbonyl (C=O) groups is 1. The zero-order valence-corrected chi connectivity index (χ0v) is 11.3. The molecule has 2 unspecified atom stereocenters. The van der Waals surface area contributed by atoms with E-state index in [4.69, 9.17) is 0 Å². The monoisotopic (exact) mass is 303 g/mol. The van der Waals surface area contributed by atoms with Crippen molar-refractivity contribution in [2.75, 3.05) is 6.61 Å². The Hall–Kier alpha value is -1.73. The normalized spacial score (nSPS) is 28.7. The molecule has 2 aliphatic heterocycles. The summed E-state index contributed by atoms with van der Waals surface area (Å²) < 4.78 is 42.7. The van der Waals surface area contributed by atoms with Gasteiger partial charge in [0.05, 0.1) is 6.04 Å². The number of amides is 1. The summed E-state index contributed by atoms with van der Waals surface area (Å²) in [4.78, 5) is 13.4. The van der Waals surface area contributed by atoms with Gasteiger partial charge in [-0.3, -0.25) is 4.68 Å². The maximum Gasteiger partial charge on any atom is 0.422 e. The van der Waals surface area contributed by atoms with Gasteiger partial charge in [-0.15, -0.1) is 0 Å². The fourth-order valence-electron chi connectivity index (χ4n) is 3.38. The predicted molar refractivity (Wildman–Crippen MR) is 66.6 cm³/mol. The van der Waals surface area contributed by atoms with Gasteiger partial charge >= 0.3 is 12.3 Å². The highest BCUT2D eigenvalue weighted by atomic mass is 19.4. The molecule has 0 aromatic carbocycles. The topological polar surface area (TPSA) is 47.4 Å². The van der Waals surface area contributed by atoms with Crippen molar-refractivity contribution in [2.24, 2.45) is 0 Å². The lowest BCUT2D eigenvalue weighted by Crippen LogP contribution is -2.47. The van der Waals surface area contributed by atoms with Crippen LogP contribution in [0.4, 0.5) is 18.0 Å². The Morgan fingerprint density at radius 3 is 2.43 bits per heavy atom. The third kappa shape index (κ3) is 2.98. The van der Waals surface area contributed by atoms with Gasteiger partial charge in [-0.1, -0.05) is 0 Å². The number of nitrogens with zero attached hydrogens (tertiary/aromatic N) is 3. The molecule has 5 nitrogen and oxygen atoms in total. The first-order valence-corrected chi connectivity index (χ1v) is 6.95. The van der Waals surface area contributed by atoms with E-state index in [2.05, 4.69) is 9.84 Å². The van der Waals surface area contributed by atoms with E-state index in [9.17, 15) is 18.0 Å². The van der Waals surface area contributed by atoms with E-state index in [-0.39, 0.29) is 18.1 Å². The highest BCUT2D eigenvalue weighted by Gasteiger charge is 2.45. The van der Waals surface area contributed by atoms with Gasteiger partial charge in [-0.25, -0.2) is 4.79 Å². The average molecular weight is 303 g/mol. The highest BCUT2D eigenvalue weighted by Crippen LogP contribution is 2.40. The van der Waals surface area contributed by atoms with Crippen LogP contribution in [-0.4, -0.2) is 45.6 Å². The van der Waals surface area contributed by atoms with Crippen LogP contribution in [0.15, 0.2) is 18.5 Å².